The first-order valence-corrected chi connectivity index (χ1v) is 12.5. The SMILES string of the molecule is C[C@@H]1CN(C(=O)Cn2cc(S(=O)(=O)Cc3ccc(C(F)(F)F)cc3)c3ccccc32)C[C@H](C)O1. The zero-order chi connectivity index (χ0) is 24.7. The second kappa shape index (κ2) is 9.07. The normalized spacial score (nSPS) is 19.5. The summed E-state index contributed by atoms with van der Waals surface area (Å²) in [6, 6.07) is 11.0. The number of rotatable bonds is 5. The fourth-order valence-electron chi connectivity index (χ4n) is 4.31. The van der Waals surface area contributed by atoms with E-state index in [9.17, 15) is 26.4 Å². The molecule has 6 nitrogen and oxygen atoms in total. The van der Waals surface area contributed by atoms with Crippen molar-refractivity contribution in [2.75, 3.05) is 13.1 Å². The summed E-state index contributed by atoms with van der Waals surface area (Å²) in [4.78, 5) is 14.7. The Morgan fingerprint density at radius 3 is 2.26 bits per heavy atom. The minimum absolute atomic E-state index is 0.0320. The van der Waals surface area contributed by atoms with Crippen molar-refractivity contribution in [3.8, 4) is 0 Å². The number of para-hydroxylation sites is 1. The first-order valence-electron chi connectivity index (χ1n) is 10.8. The molecule has 1 aliphatic heterocycles. The van der Waals surface area contributed by atoms with Gasteiger partial charge in [0.1, 0.15) is 6.54 Å². The summed E-state index contributed by atoms with van der Waals surface area (Å²) in [5.41, 5.74) is 0.00362. The van der Waals surface area contributed by atoms with Gasteiger partial charge in [0.15, 0.2) is 9.84 Å². The van der Waals surface area contributed by atoms with E-state index in [1.807, 2.05) is 13.8 Å². The topological polar surface area (TPSA) is 68.6 Å². The Bertz CT molecular complexity index is 1290. The van der Waals surface area contributed by atoms with Crippen LogP contribution in [0.2, 0.25) is 0 Å². The third-order valence-corrected chi connectivity index (χ3v) is 7.51. The highest BCUT2D eigenvalue weighted by atomic mass is 32.2. The molecule has 1 saturated heterocycles. The lowest BCUT2D eigenvalue weighted by Crippen LogP contribution is -2.49. The Kier molecular flexibility index (Phi) is 6.48. The van der Waals surface area contributed by atoms with Gasteiger partial charge in [-0.15, -0.1) is 0 Å². The van der Waals surface area contributed by atoms with Crippen molar-refractivity contribution in [1.29, 1.82) is 0 Å². The van der Waals surface area contributed by atoms with E-state index in [0.717, 1.165) is 12.1 Å². The molecule has 0 radical (unpaired) electrons. The average molecular weight is 495 g/mol. The Hall–Kier alpha value is -2.85. The Morgan fingerprint density at radius 1 is 1.03 bits per heavy atom. The number of hydrogen-bond donors (Lipinski definition) is 0. The van der Waals surface area contributed by atoms with E-state index in [0.29, 0.717) is 24.0 Å². The van der Waals surface area contributed by atoms with E-state index in [4.69, 9.17) is 4.74 Å². The van der Waals surface area contributed by atoms with Gasteiger partial charge < -0.3 is 14.2 Å². The summed E-state index contributed by atoms with van der Waals surface area (Å²) >= 11 is 0. The van der Waals surface area contributed by atoms with Gasteiger partial charge in [-0.05, 0) is 37.6 Å². The molecule has 0 unspecified atom stereocenters. The highest BCUT2D eigenvalue weighted by Crippen LogP contribution is 2.31. The van der Waals surface area contributed by atoms with Crippen LogP contribution in [0.3, 0.4) is 0 Å². The molecule has 0 aliphatic carbocycles. The maximum Gasteiger partial charge on any atom is 0.416 e. The predicted molar refractivity (Wildman–Crippen MR) is 121 cm³/mol. The summed E-state index contributed by atoms with van der Waals surface area (Å²) in [5, 5.41) is 0.464. The van der Waals surface area contributed by atoms with E-state index < -0.39 is 27.3 Å². The average Bonchev–Trinajstić information content (AvgIpc) is 3.12. The molecule has 0 bridgehead atoms. The molecule has 34 heavy (non-hydrogen) atoms. The lowest BCUT2D eigenvalue weighted by molar-refractivity contribution is -0.143. The zero-order valence-corrected chi connectivity index (χ0v) is 19.6. The van der Waals surface area contributed by atoms with Crippen molar-refractivity contribution in [3.05, 3.63) is 65.9 Å². The maximum absolute atomic E-state index is 13.2. The number of carbonyl (C=O) groups is 1. The molecule has 1 aromatic heterocycles. The van der Waals surface area contributed by atoms with Gasteiger partial charge in [0.2, 0.25) is 5.91 Å². The Balaban J connectivity index is 1.61. The van der Waals surface area contributed by atoms with Crippen LogP contribution in [0.1, 0.15) is 25.0 Å². The number of aromatic nitrogens is 1. The van der Waals surface area contributed by atoms with Crippen LogP contribution >= 0.6 is 0 Å². The van der Waals surface area contributed by atoms with Crippen molar-refractivity contribution < 1.29 is 31.1 Å². The molecule has 2 aromatic carbocycles. The third kappa shape index (κ3) is 5.12. The van der Waals surface area contributed by atoms with Crippen LogP contribution in [-0.4, -0.2) is 49.1 Å². The van der Waals surface area contributed by atoms with Gasteiger partial charge in [-0.25, -0.2) is 8.42 Å². The van der Waals surface area contributed by atoms with Gasteiger partial charge in [0.05, 0.1) is 28.4 Å². The first kappa shape index (κ1) is 24.3. The summed E-state index contributed by atoms with van der Waals surface area (Å²) < 4.78 is 72.2. The number of carbonyl (C=O) groups excluding carboxylic acids is 1. The fraction of sp³-hybridized carbons (Fsp3) is 0.375. The predicted octanol–water partition coefficient (Wildman–Crippen LogP) is 4.27. The van der Waals surface area contributed by atoms with E-state index >= 15 is 0 Å². The standard InChI is InChI=1S/C24H25F3N2O4S/c1-16-11-29(12-17(2)33-16)23(30)14-28-13-22(20-5-3-4-6-21(20)28)34(31,32)15-18-7-9-19(10-8-18)24(25,26)27/h3-10,13,16-17H,11-12,14-15H2,1-2H3/t16-,17+. The van der Waals surface area contributed by atoms with Crippen molar-refractivity contribution in [2.45, 2.75) is 49.4 Å². The molecule has 0 saturated carbocycles. The Labute approximate surface area is 195 Å². The van der Waals surface area contributed by atoms with Crippen LogP contribution in [0.5, 0.6) is 0 Å². The van der Waals surface area contributed by atoms with Gasteiger partial charge in [0.25, 0.3) is 0 Å². The number of sulfone groups is 1. The van der Waals surface area contributed by atoms with Crippen molar-refractivity contribution in [3.63, 3.8) is 0 Å². The molecule has 1 fully saturated rings. The van der Waals surface area contributed by atoms with Gasteiger partial charge in [-0.1, -0.05) is 30.3 Å². The quantitative estimate of drug-likeness (QED) is 0.531. The molecule has 4 rings (SSSR count). The highest BCUT2D eigenvalue weighted by molar-refractivity contribution is 7.90. The van der Waals surface area contributed by atoms with Crippen LogP contribution in [0, 0.1) is 0 Å². The minimum atomic E-state index is -4.49. The molecule has 1 aliphatic rings. The molecule has 2 heterocycles. The number of benzene rings is 2. The number of ether oxygens (including phenoxy) is 1. The lowest BCUT2D eigenvalue weighted by atomic mass is 10.1. The number of fused-ring (bicyclic) bond motifs is 1. The van der Waals surface area contributed by atoms with E-state index in [2.05, 4.69) is 0 Å². The first-order chi connectivity index (χ1) is 15.9. The van der Waals surface area contributed by atoms with Gasteiger partial charge in [-0.3, -0.25) is 4.79 Å². The number of alkyl halides is 3. The molecule has 3 aromatic rings. The summed E-state index contributed by atoms with van der Waals surface area (Å²) in [5.74, 6) is -0.597. The second-order valence-corrected chi connectivity index (χ2v) is 10.6. The van der Waals surface area contributed by atoms with E-state index in [1.54, 1.807) is 33.7 Å². The molecular formula is C24H25F3N2O4S. The van der Waals surface area contributed by atoms with Gasteiger partial charge >= 0.3 is 6.18 Å². The molecule has 10 heteroatoms. The van der Waals surface area contributed by atoms with Crippen molar-refractivity contribution >= 4 is 26.6 Å². The lowest BCUT2D eigenvalue weighted by Gasteiger charge is -2.35. The molecule has 2 atom stereocenters. The number of nitrogens with zero attached hydrogens (tertiary/aromatic N) is 2. The minimum Gasteiger partial charge on any atom is -0.372 e. The van der Waals surface area contributed by atoms with E-state index in [-0.39, 0.29) is 35.1 Å². The summed E-state index contributed by atoms with van der Waals surface area (Å²) in [7, 11) is -3.89. The summed E-state index contributed by atoms with van der Waals surface area (Å²) in [6.45, 7) is 4.68. The van der Waals surface area contributed by atoms with Crippen LogP contribution in [0.4, 0.5) is 13.2 Å². The van der Waals surface area contributed by atoms with Crippen LogP contribution in [0.15, 0.2) is 59.6 Å². The van der Waals surface area contributed by atoms with Crippen LogP contribution in [-0.2, 0) is 37.8 Å². The van der Waals surface area contributed by atoms with Crippen molar-refractivity contribution in [1.82, 2.24) is 9.47 Å². The van der Waals surface area contributed by atoms with Crippen molar-refractivity contribution in [2.24, 2.45) is 0 Å². The molecule has 0 spiro atoms. The number of morpholine rings is 1. The molecular weight excluding hydrogens is 469 g/mol. The molecule has 0 N–H and O–H groups in total. The van der Waals surface area contributed by atoms with Gasteiger partial charge in [-0.2, -0.15) is 13.2 Å². The Morgan fingerprint density at radius 2 is 1.65 bits per heavy atom. The second-order valence-electron chi connectivity index (χ2n) is 8.65. The third-order valence-electron chi connectivity index (χ3n) is 5.80. The van der Waals surface area contributed by atoms with Crippen LogP contribution < -0.4 is 0 Å². The number of amides is 1. The summed E-state index contributed by atoms with van der Waals surface area (Å²) in [6.07, 6.45) is -3.23. The smallest absolute Gasteiger partial charge is 0.372 e. The largest absolute Gasteiger partial charge is 0.416 e. The monoisotopic (exact) mass is 494 g/mol. The highest BCUT2D eigenvalue weighted by Gasteiger charge is 2.31. The number of hydrogen-bond acceptors (Lipinski definition) is 4. The molecule has 182 valence electrons. The fourth-order valence-corrected chi connectivity index (χ4v) is 5.89. The van der Waals surface area contributed by atoms with E-state index in [1.165, 1.54) is 18.3 Å². The van der Waals surface area contributed by atoms with Gasteiger partial charge in [0, 0.05) is 30.2 Å². The zero-order valence-electron chi connectivity index (χ0n) is 18.7. The molecule has 1 amide bonds. The van der Waals surface area contributed by atoms with Crippen LogP contribution in [0.25, 0.3) is 10.9 Å². The maximum atomic E-state index is 13.2. The number of halogens is 3.